The van der Waals surface area contributed by atoms with Crippen molar-refractivity contribution in [1.29, 1.82) is 0 Å². The van der Waals surface area contributed by atoms with E-state index in [4.69, 9.17) is 0 Å². The first-order chi connectivity index (χ1) is 13.1. The van der Waals surface area contributed by atoms with Crippen LogP contribution in [0.15, 0.2) is 46.9 Å². The highest BCUT2D eigenvalue weighted by molar-refractivity contribution is 9.10. The molecule has 0 radical (unpaired) electrons. The summed E-state index contributed by atoms with van der Waals surface area (Å²) in [6.45, 7) is 5.07. The maximum absolute atomic E-state index is 11.4. The number of halogens is 1. The summed E-state index contributed by atoms with van der Waals surface area (Å²) < 4.78 is 1.15. The van der Waals surface area contributed by atoms with Gasteiger partial charge in [-0.05, 0) is 91.6 Å². The molecule has 27 heavy (non-hydrogen) atoms. The lowest BCUT2D eigenvalue weighted by atomic mass is 9.89. The molecular formula is C23H27BrN2O. The maximum Gasteiger partial charge on any atom is 0.221 e. The smallest absolute Gasteiger partial charge is 0.221 e. The van der Waals surface area contributed by atoms with Crippen molar-refractivity contribution in [2.24, 2.45) is 0 Å². The van der Waals surface area contributed by atoms with Crippen molar-refractivity contribution in [2.75, 3.05) is 25.0 Å². The molecule has 3 nitrogen and oxygen atoms in total. The summed E-state index contributed by atoms with van der Waals surface area (Å²) >= 11 is 3.53. The third-order valence-electron chi connectivity index (χ3n) is 6.08. The van der Waals surface area contributed by atoms with Crippen LogP contribution in [0.5, 0.6) is 0 Å². The molecule has 1 unspecified atom stereocenters. The molecule has 2 aromatic rings. The number of anilines is 1. The molecule has 4 rings (SSSR count). The summed E-state index contributed by atoms with van der Waals surface area (Å²) in [5.74, 6) is 1.29. The first kappa shape index (κ1) is 18.7. The molecule has 4 heteroatoms. The van der Waals surface area contributed by atoms with E-state index in [1.807, 2.05) is 6.07 Å². The zero-order valence-corrected chi connectivity index (χ0v) is 17.5. The number of carbonyl (C=O) groups is 1. The van der Waals surface area contributed by atoms with E-state index in [9.17, 15) is 4.79 Å². The first-order valence-corrected chi connectivity index (χ1v) is 10.8. The predicted octanol–water partition coefficient (Wildman–Crippen LogP) is 5.32. The van der Waals surface area contributed by atoms with Crippen LogP contribution in [0.3, 0.4) is 0 Å². The van der Waals surface area contributed by atoms with Crippen molar-refractivity contribution in [3.05, 3.63) is 63.6 Å². The summed E-state index contributed by atoms with van der Waals surface area (Å²) in [7, 11) is 0. The Bertz CT molecular complexity index is 810. The molecule has 0 saturated carbocycles. The van der Waals surface area contributed by atoms with Crippen LogP contribution >= 0.6 is 15.9 Å². The van der Waals surface area contributed by atoms with Gasteiger partial charge in [0.05, 0.1) is 0 Å². The van der Waals surface area contributed by atoms with Crippen LogP contribution in [0.25, 0.3) is 0 Å². The molecule has 2 aromatic carbocycles. The fourth-order valence-electron chi connectivity index (χ4n) is 4.65. The van der Waals surface area contributed by atoms with Crippen molar-refractivity contribution in [3.8, 4) is 0 Å². The normalized spacial score (nSPS) is 20.4. The van der Waals surface area contributed by atoms with Crippen LogP contribution in [0.1, 0.15) is 54.7 Å². The second kappa shape index (κ2) is 8.15. The Morgan fingerprint density at radius 1 is 1.11 bits per heavy atom. The van der Waals surface area contributed by atoms with E-state index in [0.717, 1.165) is 23.1 Å². The molecule has 1 amide bonds. The molecular weight excluding hydrogens is 400 g/mol. The lowest BCUT2D eigenvalue weighted by molar-refractivity contribution is -0.114. The standard InChI is InChI=1S/C23H27BrN2O/c1-16(27)25-22-9-6-19-2-3-20(23(19)14-22)15-26-12-10-18(11-13-26)17-4-7-21(24)8-5-17/h4-9,14,18,20H,2-3,10-13,15H2,1H3,(H,25,27). The highest BCUT2D eigenvalue weighted by Crippen LogP contribution is 2.37. The molecule has 2 aliphatic rings. The van der Waals surface area contributed by atoms with Crippen molar-refractivity contribution in [3.63, 3.8) is 0 Å². The average Bonchev–Trinajstić information content (AvgIpc) is 3.05. The number of benzene rings is 2. The number of fused-ring (bicyclic) bond motifs is 1. The number of piperidine rings is 1. The number of nitrogens with one attached hydrogen (secondary N) is 1. The summed E-state index contributed by atoms with van der Waals surface area (Å²) in [6, 6.07) is 15.3. The third kappa shape index (κ3) is 4.44. The summed E-state index contributed by atoms with van der Waals surface area (Å²) in [6.07, 6.45) is 4.88. The van der Waals surface area contributed by atoms with E-state index in [1.54, 1.807) is 6.92 Å². The van der Waals surface area contributed by atoms with Crippen LogP contribution in [-0.4, -0.2) is 30.4 Å². The van der Waals surface area contributed by atoms with Crippen molar-refractivity contribution < 1.29 is 4.79 Å². The molecule has 1 aliphatic carbocycles. The number of amides is 1. The number of rotatable bonds is 4. The van der Waals surface area contributed by atoms with Gasteiger partial charge in [-0.2, -0.15) is 0 Å². The first-order valence-electron chi connectivity index (χ1n) is 9.97. The summed E-state index contributed by atoms with van der Waals surface area (Å²) in [4.78, 5) is 14.0. The Morgan fingerprint density at radius 2 is 1.85 bits per heavy atom. The number of hydrogen-bond donors (Lipinski definition) is 1. The number of likely N-dealkylation sites (tertiary alicyclic amines) is 1. The molecule has 1 N–H and O–H groups in total. The van der Waals surface area contributed by atoms with Crippen LogP contribution in [0.2, 0.25) is 0 Å². The van der Waals surface area contributed by atoms with Gasteiger partial charge < -0.3 is 10.2 Å². The average molecular weight is 427 g/mol. The Kier molecular flexibility index (Phi) is 5.65. The zero-order valence-electron chi connectivity index (χ0n) is 15.9. The Labute approximate surface area is 170 Å². The van der Waals surface area contributed by atoms with Crippen LogP contribution in [0.4, 0.5) is 5.69 Å². The highest BCUT2D eigenvalue weighted by Gasteiger charge is 2.27. The van der Waals surface area contributed by atoms with Gasteiger partial charge in [-0.3, -0.25) is 4.79 Å². The van der Waals surface area contributed by atoms with E-state index in [1.165, 1.54) is 49.0 Å². The molecule has 1 saturated heterocycles. The van der Waals surface area contributed by atoms with Gasteiger partial charge in [0.15, 0.2) is 0 Å². The van der Waals surface area contributed by atoms with E-state index in [2.05, 4.69) is 62.5 Å². The minimum atomic E-state index is -0.000453. The Balaban J connectivity index is 1.36. The Morgan fingerprint density at radius 3 is 2.56 bits per heavy atom. The zero-order chi connectivity index (χ0) is 18.8. The minimum absolute atomic E-state index is 0.000453. The van der Waals surface area contributed by atoms with Crippen molar-refractivity contribution >= 4 is 27.5 Å². The molecule has 1 heterocycles. The molecule has 1 aliphatic heterocycles. The van der Waals surface area contributed by atoms with Gasteiger partial charge >= 0.3 is 0 Å². The number of nitrogens with zero attached hydrogens (tertiary/aromatic N) is 1. The number of aryl methyl sites for hydroxylation is 1. The predicted molar refractivity (Wildman–Crippen MR) is 114 cm³/mol. The van der Waals surface area contributed by atoms with Crippen LogP contribution in [-0.2, 0) is 11.2 Å². The topological polar surface area (TPSA) is 32.3 Å². The number of carbonyl (C=O) groups excluding carboxylic acids is 1. The second-order valence-corrected chi connectivity index (χ2v) is 8.87. The van der Waals surface area contributed by atoms with Gasteiger partial charge in [0, 0.05) is 23.6 Å². The Hall–Kier alpha value is -1.65. The molecule has 1 atom stereocenters. The molecule has 142 valence electrons. The fourth-order valence-corrected chi connectivity index (χ4v) is 4.92. The van der Waals surface area contributed by atoms with Gasteiger partial charge in [0.2, 0.25) is 5.91 Å². The lowest BCUT2D eigenvalue weighted by Gasteiger charge is -2.34. The summed E-state index contributed by atoms with van der Waals surface area (Å²) in [5.41, 5.74) is 5.31. The van der Waals surface area contributed by atoms with Crippen molar-refractivity contribution in [1.82, 2.24) is 4.90 Å². The monoisotopic (exact) mass is 426 g/mol. The van der Waals surface area contributed by atoms with E-state index in [-0.39, 0.29) is 5.91 Å². The summed E-state index contributed by atoms with van der Waals surface area (Å²) in [5, 5.41) is 2.93. The van der Waals surface area contributed by atoms with Gasteiger partial charge in [-0.25, -0.2) is 0 Å². The van der Waals surface area contributed by atoms with E-state index in [0.29, 0.717) is 11.8 Å². The largest absolute Gasteiger partial charge is 0.326 e. The van der Waals surface area contributed by atoms with Crippen molar-refractivity contribution in [2.45, 2.75) is 44.4 Å². The van der Waals surface area contributed by atoms with E-state index >= 15 is 0 Å². The fraction of sp³-hybridized carbons (Fsp3) is 0.435. The van der Waals surface area contributed by atoms with Gasteiger partial charge in [0.25, 0.3) is 0 Å². The van der Waals surface area contributed by atoms with E-state index < -0.39 is 0 Å². The number of hydrogen-bond acceptors (Lipinski definition) is 2. The SMILES string of the molecule is CC(=O)Nc1ccc2c(c1)C(CN1CCC(c3ccc(Br)cc3)CC1)CC2. The third-order valence-corrected chi connectivity index (χ3v) is 6.60. The second-order valence-electron chi connectivity index (χ2n) is 7.96. The van der Waals surface area contributed by atoms with Crippen LogP contribution < -0.4 is 5.32 Å². The minimum Gasteiger partial charge on any atom is -0.326 e. The molecule has 0 bridgehead atoms. The molecule has 0 aromatic heterocycles. The van der Waals surface area contributed by atoms with Crippen LogP contribution in [0, 0.1) is 0 Å². The maximum atomic E-state index is 11.4. The highest BCUT2D eigenvalue weighted by atomic mass is 79.9. The van der Waals surface area contributed by atoms with Gasteiger partial charge in [0.1, 0.15) is 0 Å². The quantitative estimate of drug-likeness (QED) is 0.717. The lowest BCUT2D eigenvalue weighted by Crippen LogP contribution is -2.35. The van der Waals surface area contributed by atoms with Gasteiger partial charge in [-0.15, -0.1) is 0 Å². The molecule has 1 fully saturated rings. The molecule has 0 spiro atoms. The van der Waals surface area contributed by atoms with Gasteiger partial charge in [-0.1, -0.05) is 34.1 Å².